The van der Waals surface area contributed by atoms with Gasteiger partial charge >= 0.3 is 23.6 Å². The zero-order valence-corrected chi connectivity index (χ0v) is 28.1. The van der Waals surface area contributed by atoms with Gasteiger partial charge in [0.25, 0.3) is 0 Å². The second-order valence-electron chi connectivity index (χ2n) is 8.37. The summed E-state index contributed by atoms with van der Waals surface area (Å²) in [6.45, 7) is 5.46. The number of carbonyl (C=O) groups is 1. The van der Waals surface area contributed by atoms with Gasteiger partial charge in [0.15, 0.2) is 0 Å². The monoisotopic (exact) mass is 622 g/mol. The van der Waals surface area contributed by atoms with Crippen LogP contribution in [0.15, 0.2) is 48.6 Å². The van der Waals surface area contributed by atoms with Crippen LogP contribution < -0.4 is 5.73 Å². The number of esters is 1. The summed E-state index contributed by atoms with van der Waals surface area (Å²) in [6, 6.07) is 11.7. The Labute approximate surface area is 249 Å². The van der Waals surface area contributed by atoms with Crippen molar-refractivity contribution in [1.29, 1.82) is 0 Å². The maximum absolute atomic E-state index is 11.0. The number of allylic oxidation sites excluding steroid dienone is 1. The maximum Gasteiger partial charge on any atom is 0.500 e. The van der Waals surface area contributed by atoms with Crippen molar-refractivity contribution in [2.45, 2.75) is 31.9 Å². The third-order valence-electron chi connectivity index (χ3n) is 5.92. The molecule has 232 valence electrons. The predicted octanol–water partition coefficient (Wildman–Crippen LogP) is 4.02. The van der Waals surface area contributed by atoms with Gasteiger partial charge < -0.3 is 37.0 Å². The average molecular weight is 623 g/mol. The number of hydrogen-bond acceptors (Lipinski definition) is 10. The van der Waals surface area contributed by atoms with Crippen LogP contribution in [-0.2, 0) is 36.1 Å². The molecule has 0 spiro atoms. The van der Waals surface area contributed by atoms with Crippen LogP contribution in [0, 0.1) is 0 Å². The lowest BCUT2D eigenvalue weighted by Crippen LogP contribution is -2.43. The molecule has 0 unspecified atom stereocenters. The number of nitrogens with two attached hydrogens (primary N) is 1. The number of rotatable bonds is 20. The Bertz CT molecular complexity index is 781. The van der Waals surface area contributed by atoms with Crippen LogP contribution in [-0.4, -0.2) is 104 Å². The minimum atomic E-state index is -2.52. The molecule has 0 aliphatic carbocycles. The third-order valence-corrected chi connectivity index (χ3v) is 11.6. The molecule has 0 aliphatic heterocycles. The fourth-order valence-electron chi connectivity index (χ4n) is 3.66. The first kappa shape index (κ1) is 40.7. The van der Waals surface area contributed by atoms with Gasteiger partial charge in [-0.1, -0.05) is 48.6 Å². The van der Waals surface area contributed by atoms with E-state index < -0.39 is 17.6 Å². The second-order valence-corrected chi connectivity index (χ2v) is 14.5. The average Bonchev–Trinajstić information content (AvgIpc) is 2.97. The van der Waals surface area contributed by atoms with Crippen molar-refractivity contribution in [3.05, 3.63) is 54.1 Å². The zero-order valence-electron chi connectivity index (χ0n) is 25.3. The molecule has 0 bridgehead atoms. The molecule has 0 aliphatic rings. The Kier molecular flexibility index (Phi) is 25.7. The first-order valence-corrected chi connectivity index (χ1v) is 16.9. The van der Waals surface area contributed by atoms with Gasteiger partial charge in [0, 0.05) is 80.5 Å². The van der Waals surface area contributed by atoms with Crippen molar-refractivity contribution in [1.82, 2.24) is 4.90 Å². The molecule has 0 aromatic heterocycles. The van der Waals surface area contributed by atoms with Crippen LogP contribution in [0.25, 0.3) is 6.08 Å². The molecule has 10 nitrogen and oxygen atoms in total. The molecule has 40 heavy (non-hydrogen) atoms. The van der Waals surface area contributed by atoms with Crippen LogP contribution in [0.5, 0.6) is 0 Å². The Balaban J connectivity index is 0. The highest BCUT2D eigenvalue weighted by molar-refractivity contribution is 6.60. The Morgan fingerprint density at radius 2 is 1.38 bits per heavy atom. The van der Waals surface area contributed by atoms with Crippen LogP contribution >= 0.6 is 12.4 Å². The van der Waals surface area contributed by atoms with Crippen molar-refractivity contribution in [3.63, 3.8) is 0 Å². The molecule has 0 saturated carbocycles. The molecule has 0 fully saturated rings. The summed E-state index contributed by atoms with van der Waals surface area (Å²) in [5, 5.41) is 0. The molecule has 1 rings (SSSR count). The van der Waals surface area contributed by atoms with Crippen LogP contribution in [0.1, 0.15) is 25.3 Å². The van der Waals surface area contributed by atoms with Gasteiger partial charge in [-0.2, -0.15) is 0 Å². The summed E-state index contributed by atoms with van der Waals surface area (Å²) in [4.78, 5) is 13.3. The highest BCUT2D eigenvalue weighted by atomic mass is 35.5. The summed E-state index contributed by atoms with van der Waals surface area (Å²) < 4.78 is 37.0. The van der Waals surface area contributed by atoms with E-state index in [0.29, 0.717) is 25.6 Å². The molecular weight excluding hydrogens is 572 g/mol. The van der Waals surface area contributed by atoms with Gasteiger partial charge in [-0.25, -0.2) is 4.79 Å². The van der Waals surface area contributed by atoms with Crippen molar-refractivity contribution in [3.8, 4) is 0 Å². The van der Waals surface area contributed by atoms with Gasteiger partial charge in [-0.3, -0.25) is 4.90 Å². The van der Waals surface area contributed by atoms with Crippen molar-refractivity contribution in [2.24, 2.45) is 5.73 Å². The lowest BCUT2D eigenvalue weighted by atomic mass is 10.2. The molecule has 1 aromatic rings. The maximum atomic E-state index is 11.0. The van der Waals surface area contributed by atoms with E-state index in [1.807, 2.05) is 18.2 Å². The Morgan fingerprint density at radius 1 is 0.850 bits per heavy atom. The number of hydrogen-bond donors (Lipinski definition) is 1. The standard InChI is InChI=1S/C17H30N2O3Si.C10H20O5Si.ClH/c1-20-23(21-2,22-3)16-8-14-19(15-12-18)13-7-11-17-9-5-4-6-10-17;1-5-7-10(11)15-8-6-9-16(12-2,13-3)14-4;/h4-7,9-11H,8,12-16,18H2,1-3H3;5,7H,6,8-9H2,1-4H3;1H. The smallest absolute Gasteiger partial charge is 0.463 e. The van der Waals surface area contributed by atoms with Gasteiger partial charge in [0.05, 0.1) is 6.61 Å². The van der Waals surface area contributed by atoms with E-state index in [1.54, 1.807) is 55.7 Å². The quantitative estimate of drug-likeness (QED) is 0.0990. The fraction of sp³-hybridized carbons (Fsp3) is 0.593. The van der Waals surface area contributed by atoms with E-state index >= 15 is 0 Å². The van der Waals surface area contributed by atoms with Crippen molar-refractivity contribution in [2.75, 3.05) is 75.4 Å². The molecular formula is C27H51ClN2O8Si2. The van der Waals surface area contributed by atoms with Crippen molar-refractivity contribution < 1.29 is 36.1 Å². The Morgan fingerprint density at radius 3 is 1.85 bits per heavy atom. The number of benzene rings is 1. The third kappa shape index (κ3) is 17.4. The summed E-state index contributed by atoms with van der Waals surface area (Å²) in [5.41, 5.74) is 6.93. The molecule has 13 heteroatoms. The van der Waals surface area contributed by atoms with E-state index in [9.17, 15) is 4.79 Å². The van der Waals surface area contributed by atoms with E-state index in [0.717, 1.165) is 32.1 Å². The van der Waals surface area contributed by atoms with Gasteiger partial charge in [-0.15, -0.1) is 12.4 Å². The van der Waals surface area contributed by atoms with Gasteiger partial charge in [0.2, 0.25) is 0 Å². The molecule has 2 N–H and O–H groups in total. The molecule has 0 heterocycles. The Hall–Kier alpha value is -1.43. The lowest BCUT2D eigenvalue weighted by Gasteiger charge is -2.26. The summed E-state index contributed by atoms with van der Waals surface area (Å²) >= 11 is 0. The highest BCUT2D eigenvalue weighted by Crippen LogP contribution is 2.16. The van der Waals surface area contributed by atoms with E-state index in [1.165, 1.54) is 11.6 Å². The van der Waals surface area contributed by atoms with Crippen LogP contribution in [0.4, 0.5) is 0 Å². The number of carbonyl (C=O) groups excluding carboxylic acids is 1. The summed E-state index contributed by atoms with van der Waals surface area (Å²) in [7, 11) is 4.65. The van der Waals surface area contributed by atoms with Crippen LogP contribution in [0.3, 0.4) is 0 Å². The highest BCUT2D eigenvalue weighted by Gasteiger charge is 2.37. The predicted molar refractivity (Wildman–Crippen MR) is 166 cm³/mol. The molecule has 0 amide bonds. The van der Waals surface area contributed by atoms with E-state index in [4.69, 9.17) is 37.0 Å². The first-order valence-electron chi connectivity index (χ1n) is 13.1. The zero-order chi connectivity index (χ0) is 29.4. The number of ether oxygens (including phenoxy) is 1. The van der Waals surface area contributed by atoms with E-state index in [-0.39, 0.29) is 18.4 Å². The SMILES string of the molecule is CC=CC(=O)OCCC[Si](OC)(OC)OC.CO[Si](CCCN(CC=Cc1ccccc1)CCN)(OC)OC.Cl. The summed E-state index contributed by atoms with van der Waals surface area (Å²) in [6.07, 6.45) is 8.96. The minimum absolute atomic E-state index is 0. The van der Waals surface area contributed by atoms with E-state index in [2.05, 4.69) is 29.2 Å². The topological polar surface area (TPSA) is 111 Å². The first-order chi connectivity index (χ1) is 18.8. The fourth-order valence-corrected chi connectivity index (χ4v) is 7.05. The van der Waals surface area contributed by atoms with Crippen LogP contribution in [0.2, 0.25) is 12.1 Å². The largest absolute Gasteiger partial charge is 0.500 e. The second kappa shape index (κ2) is 25.3. The molecule has 1 aromatic carbocycles. The lowest BCUT2D eigenvalue weighted by molar-refractivity contribution is -0.137. The molecule has 0 atom stereocenters. The van der Waals surface area contributed by atoms with Crippen molar-refractivity contribution >= 4 is 42.1 Å². The summed E-state index contributed by atoms with van der Waals surface area (Å²) in [5.74, 6) is -0.331. The van der Waals surface area contributed by atoms with Gasteiger partial charge in [0.1, 0.15) is 0 Å². The molecule has 0 saturated heterocycles. The number of nitrogens with zero attached hydrogens (tertiary/aromatic N) is 1. The minimum Gasteiger partial charge on any atom is -0.463 e. The normalized spacial score (nSPS) is 11.9. The van der Waals surface area contributed by atoms with Gasteiger partial charge in [-0.05, 0) is 31.9 Å². The molecule has 0 radical (unpaired) electrons. The number of halogens is 1.